The summed E-state index contributed by atoms with van der Waals surface area (Å²) in [5.74, 6) is 0.0295. The largest absolute Gasteiger partial charge is 0.355 e. The minimum absolute atomic E-state index is 0.0295. The average Bonchev–Trinajstić information content (AvgIpc) is 2.74. The van der Waals surface area contributed by atoms with Crippen molar-refractivity contribution in [1.29, 1.82) is 0 Å². The van der Waals surface area contributed by atoms with Gasteiger partial charge in [0.15, 0.2) is 0 Å². The zero-order chi connectivity index (χ0) is 11.6. The second kappa shape index (κ2) is 7.87. The fourth-order valence-electron chi connectivity index (χ4n) is 1.42. The molecule has 1 heterocycles. The molecular weight excluding hydrogens is 204 g/mol. The van der Waals surface area contributed by atoms with Crippen LogP contribution in [0.4, 0.5) is 0 Å². The van der Waals surface area contributed by atoms with Gasteiger partial charge in [-0.25, -0.2) is 4.98 Å². The van der Waals surface area contributed by atoms with E-state index >= 15 is 0 Å². The Hall–Kier alpha value is -1.36. The first kappa shape index (κ1) is 12.7. The first-order valence-corrected chi connectivity index (χ1v) is 5.70. The Morgan fingerprint density at radius 3 is 2.88 bits per heavy atom. The van der Waals surface area contributed by atoms with E-state index in [0.29, 0.717) is 6.54 Å². The van der Waals surface area contributed by atoms with Gasteiger partial charge in [0.05, 0.1) is 6.33 Å². The Morgan fingerprint density at radius 2 is 2.19 bits per heavy atom. The number of nitrogens with zero attached hydrogens (tertiary/aromatic N) is 2. The number of hydrogen-bond donors (Lipinski definition) is 2. The fraction of sp³-hybridized carbons (Fsp3) is 0.636. The van der Waals surface area contributed by atoms with Crippen LogP contribution in [0.15, 0.2) is 18.7 Å². The van der Waals surface area contributed by atoms with E-state index < -0.39 is 0 Å². The monoisotopic (exact) mass is 224 g/mol. The summed E-state index contributed by atoms with van der Waals surface area (Å²) in [5.41, 5.74) is 0. The lowest BCUT2D eigenvalue weighted by Crippen LogP contribution is -2.30. The SMILES string of the molecule is CC(=O)NCCNCCCCn1ccnc1. The van der Waals surface area contributed by atoms with Gasteiger partial charge in [-0.05, 0) is 19.4 Å². The third kappa shape index (κ3) is 6.19. The van der Waals surface area contributed by atoms with E-state index in [4.69, 9.17) is 0 Å². The van der Waals surface area contributed by atoms with Gasteiger partial charge in [0.25, 0.3) is 0 Å². The van der Waals surface area contributed by atoms with Crippen LogP contribution in [0.1, 0.15) is 19.8 Å². The van der Waals surface area contributed by atoms with Crippen molar-refractivity contribution in [2.75, 3.05) is 19.6 Å². The number of aromatic nitrogens is 2. The topological polar surface area (TPSA) is 59.0 Å². The molecule has 16 heavy (non-hydrogen) atoms. The van der Waals surface area contributed by atoms with E-state index in [1.165, 1.54) is 6.92 Å². The van der Waals surface area contributed by atoms with E-state index in [2.05, 4.69) is 20.2 Å². The molecule has 0 radical (unpaired) electrons. The van der Waals surface area contributed by atoms with Crippen molar-refractivity contribution in [3.05, 3.63) is 18.7 Å². The Balaban J connectivity index is 1.83. The number of nitrogens with one attached hydrogen (secondary N) is 2. The Bertz CT molecular complexity index is 284. The maximum Gasteiger partial charge on any atom is 0.216 e. The quantitative estimate of drug-likeness (QED) is 0.628. The minimum Gasteiger partial charge on any atom is -0.355 e. The van der Waals surface area contributed by atoms with Crippen LogP contribution in [0.5, 0.6) is 0 Å². The van der Waals surface area contributed by atoms with E-state index in [9.17, 15) is 4.79 Å². The summed E-state index contributed by atoms with van der Waals surface area (Å²) < 4.78 is 2.08. The smallest absolute Gasteiger partial charge is 0.216 e. The van der Waals surface area contributed by atoms with E-state index in [-0.39, 0.29) is 5.91 Å². The normalized spacial score (nSPS) is 10.3. The van der Waals surface area contributed by atoms with Crippen molar-refractivity contribution in [1.82, 2.24) is 20.2 Å². The molecule has 0 atom stereocenters. The van der Waals surface area contributed by atoms with Gasteiger partial charge in [-0.15, -0.1) is 0 Å². The van der Waals surface area contributed by atoms with Gasteiger partial charge in [-0.3, -0.25) is 4.79 Å². The summed E-state index contributed by atoms with van der Waals surface area (Å²) in [6.45, 7) is 5.09. The van der Waals surface area contributed by atoms with Crippen LogP contribution in [0.3, 0.4) is 0 Å². The van der Waals surface area contributed by atoms with Crippen LogP contribution in [0, 0.1) is 0 Å². The van der Waals surface area contributed by atoms with Gasteiger partial charge in [0.1, 0.15) is 0 Å². The second-order valence-corrected chi connectivity index (χ2v) is 3.74. The molecular formula is C11H20N4O. The van der Waals surface area contributed by atoms with Crippen LogP contribution in [0.2, 0.25) is 0 Å². The van der Waals surface area contributed by atoms with E-state index in [1.807, 2.05) is 12.5 Å². The third-order valence-corrected chi connectivity index (χ3v) is 2.25. The van der Waals surface area contributed by atoms with Crippen LogP contribution in [0.25, 0.3) is 0 Å². The molecule has 0 saturated carbocycles. The molecule has 0 aliphatic rings. The third-order valence-electron chi connectivity index (χ3n) is 2.25. The van der Waals surface area contributed by atoms with Crippen LogP contribution < -0.4 is 10.6 Å². The molecule has 0 aromatic carbocycles. The van der Waals surface area contributed by atoms with Gasteiger partial charge >= 0.3 is 0 Å². The molecule has 0 bridgehead atoms. The zero-order valence-corrected chi connectivity index (χ0v) is 9.78. The van der Waals surface area contributed by atoms with Gasteiger partial charge in [-0.2, -0.15) is 0 Å². The number of carbonyl (C=O) groups excluding carboxylic acids is 1. The molecule has 0 aliphatic heterocycles. The molecule has 5 heteroatoms. The summed E-state index contributed by atoms with van der Waals surface area (Å²) in [6, 6.07) is 0. The van der Waals surface area contributed by atoms with Gasteiger partial charge in [0, 0.05) is 39.0 Å². The Morgan fingerprint density at radius 1 is 1.31 bits per heavy atom. The molecule has 0 fully saturated rings. The highest BCUT2D eigenvalue weighted by Gasteiger charge is 1.92. The number of rotatable bonds is 8. The summed E-state index contributed by atoms with van der Waals surface area (Å²) in [6.07, 6.45) is 7.89. The van der Waals surface area contributed by atoms with Gasteiger partial charge < -0.3 is 15.2 Å². The molecule has 1 aromatic heterocycles. The lowest BCUT2D eigenvalue weighted by Gasteiger charge is -2.05. The molecule has 0 spiro atoms. The standard InChI is InChI=1S/C11H20N4O/c1-11(16)14-6-5-12-4-2-3-8-15-9-7-13-10-15/h7,9-10,12H,2-6,8H2,1H3,(H,14,16). The van der Waals surface area contributed by atoms with Crippen molar-refractivity contribution in [3.63, 3.8) is 0 Å². The second-order valence-electron chi connectivity index (χ2n) is 3.74. The predicted molar refractivity (Wildman–Crippen MR) is 63.0 cm³/mol. The summed E-state index contributed by atoms with van der Waals surface area (Å²) in [5, 5.41) is 6.03. The maximum absolute atomic E-state index is 10.6. The van der Waals surface area contributed by atoms with Crippen molar-refractivity contribution in [2.45, 2.75) is 26.3 Å². The zero-order valence-electron chi connectivity index (χ0n) is 9.78. The first-order valence-electron chi connectivity index (χ1n) is 5.70. The van der Waals surface area contributed by atoms with Crippen molar-refractivity contribution in [3.8, 4) is 0 Å². The number of unbranched alkanes of at least 4 members (excludes halogenated alkanes) is 1. The lowest BCUT2D eigenvalue weighted by molar-refractivity contribution is -0.118. The lowest BCUT2D eigenvalue weighted by atomic mass is 10.3. The van der Waals surface area contributed by atoms with Crippen LogP contribution in [-0.2, 0) is 11.3 Å². The van der Waals surface area contributed by atoms with Crippen molar-refractivity contribution >= 4 is 5.91 Å². The molecule has 0 aliphatic carbocycles. The summed E-state index contributed by atoms with van der Waals surface area (Å²) in [4.78, 5) is 14.5. The summed E-state index contributed by atoms with van der Waals surface area (Å²) in [7, 11) is 0. The molecule has 1 amide bonds. The average molecular weight is 224 g/mol. The molecule has 0 saturated heterocycles. The highest BCUT2D eigenvalue weighted by molar-refractivity contribution is 5.72. The van der Waals surface area contributed by atoms with Crippen LogP contribution in [-0.4, -0.2) is 35.1 Å². The van der Waals surface area contributed by atoms with Crippen molar-refractivity contribution < 1.29 is 4.79 Å². The number of amides is 1. The van der Waals surface area contributed by atoms with E-state index in [1.54, 1.807) is 6.20 Å². The first-order chi connectivity index (χ1) is 7.79. The van der Waals surface area contributed by atoms with E-state index in [0.717, 1.165) is 32.5 Å². The van der Waals surface area contributed by atoms with Gasteiger partial charge in [0.2, 0.25) is 5.91 Å². The maximum atomic E-state index is 10.6. The number of carbonyl (C=O) groups is 1. The van der Waals surface area contributed by atoms with Crippen molar-refractivity contribution in [2.24, 2.45) is 0 Å². The molecule has 90 valence electrons. The Kier molecular flexibility index (Phi) is 6.25. The molecule has 1 rings (SSSR count). The summed E-state index contributed by atoms with van der Waals surface area (Å²) >= 11 is 0. The highest BCUT2D eigenvalue weighted by atomic mass is 16.1. The minimum atomic E-state index is 0.0295. The fourth-order valence-corrected chi connectivity index (χ4v) is 1.42. The molecule has 2 N–H and O–H groups in total. The highest BCUT2D eigenvalue weighted by Crippen LogP contribution is 1.93. The van der Waals surface area contributed by atoms with Crippen LogP contribution >= 0.6 is 0 Å². The Labute approximate surface area is 96.3 Å². The molecule has 5 nitrogen and oxygen atoms in total. The molecule has 1 aromatic rings. The number of imidazole rings is 1. The number of aryl methyl sites for hydroxylation is 1. The predicted octanol–water partition coefficient (Wildman–Crippen LogP) is 0.389. The molecule has 0 unspecified atom stereocenters. The van der Waals surface area contributed by atoms with Gasteiger partial charge in [-0.1, -0.05) is 0 Å². The number of hydrogen-bond acceptors (Lipinski definition) is 3.